The molecule has 182 valence electrons. The molecule has 1 fully saturated rings. The first-order valence-electron chi connectivity index (χ1n) is 12.7. The molecule has 0 amide bonds. The summed E-state index contributed by atoms with van der Waals surface area (Å²) >= 11 is 0. The molecule has 3 aromatic rings. The van der Waals surface area contributed by atoms with Crippen molar-refractivity contribution in [1.29, 1.82) is 0 Å². The molecule has 1 saturated carbocycles. The van der Waals surface area contributed by atoms with Crippen LogP contribution in [0.25, 0.3) is 11.1 Å². The van der Waals surface area contributed by atoms with Gasteiger partial charge in [0, 0.05) is 0 Å². The smallest absolute Gasteiger partial charge is 0.310 e. The summed E-state index contributed by atoms with van der Waals surface area (Å²) in [7, 11) is 0. The number of rotatable bonds is 11. The van der Waals surface area contributed by atoms with E-state index in [2.05, 4.69) is 36.4 Å². The zero-order chi connectivity index (χ0) is 24.5. The summed E-state index contributed by atoms with van der Waals surface area (Å²) in [5.74, 6) is -2.47. The monoisotopic (exact) mass is 470 g/mol. The maximum Gasteiger partial charge on any atom is 0.310 e. The Bertz CT molecular complexity index is 1070. The van der Waals surface area contributed by atoms with Gasteiger partial charge in [-0.3, -0.25) is 9.59 Å². The highest BCUT2D eigenvalue weighted by Gasteiger charge is 2.41. The molecule has 0 aliphatic heterocycles. The van der Waals surface area contributed by atoms with Gasteiger partial charge in [0.15, 0.2) is 0 Å². The van der Waals surface area contributed by atoms with Crippen LogP contribution in [0.15, 0.2) is 84.9 Å². The molecule has 1 aliphatic rings. The molecule has 35 heavy (non-hydrogen) atoms. The van der Waals surface area contributed by atoms with E-state index in [4.69, 9.17) is 4.74 Å². The van der Waals surface area contributed by atoms with Crippen LogP contribution in [0.3, 0.4) is 0 Å². The summed E-state index contributed by atoms with van der Waals surface area (Å²) < 4.78 is 5.65. The third-order valence-electron chi connectivity index (χ3n) is 7.20. The van der Waals surface area contributed by atoms with Gasteiger partial charge in [-0.1, -0.05) is 97.8 Å². The SMILES string of the molecule is O=C(O)[C@H](CCCc1ccc(-c2ccccc2)cc1)[C@@H](C(=O)OCc1ccccc1)C1CCCC1. The summed E-state index contributed by atoms with van der Waals surface area (Å²) in [6.45, 7) is 0.184. The lowest BCUT2D eigenvalue weighted by molar-refractivity contribution is -0.161. The summed E-state index contributed by atoms with van der Waals surface area (Å²) in [5, 5.41) is 10.1. The summed E-state index contributed by atoms with van der Waals surface area (Å²) in [5.41, 5.74) is 4.44. The molecular weight excluding hydrogens is 436 g/mol. The minimum absolute atomic E-state index is 0.0875. The van der Waals surface area contributed by atoms with Crippen LogP contribution >= 0.6 is 0 Å². The molecule has 0 radical (unpaired) electrons. The predicted molar refractivity (Wildman–Crippen MR) is 138 cm³/mol. The normalized spacial score (nSPS) is 15.4. The van der Waals surface area contributed by atoms with Crippen LogP contribution in [0.2, 0.25) is 0 Å². The van der Waals surface area contributed by atoms with Gasteiger partial charge < -0.3 is 9.84 Å². The Balaban J connectivity index is 1.38. The number of ether oxygens (including phenoxy) is 1. The van der Waals surface area contributed by atoms with Crippen LogP contribution in [-0.4, -0.2) is 17.0 Å². The number of carbonyl (C=O) groups is 2. The molecule has 0 spiro atoms. The van der Waals surface area contributed by atoms with Crippen molar-refractivity contribution in [2.75, 3.05) is 0 Å². The molecule has 0 bridgehead atoms. The zero-order valence-electron chi connectivity index (χ0n) is 20.1. The maximum absolute atomic E-state index is 13.2. The van der Waals surface area contributed by atoms with Crippen LogP contribution in [0.5, 0.6) is 0 Å². The molecule has 2 atom stereocenters. The highest BCUT2D eigenvalue weighted by molar-refractivity contribution is 5.81. The Labute approximate surface area is 208 Å². The lowest BCUT2D eigenvalue weighted by Crippen LogP contribution is -2.36. The largest absolute Gasteiger partial charge is 0.481 e. The minimum atomic E-state index is -0.891. The molecule has 4 nitrogen and oxygen atoms in total. The lowest BCUT2D eigenvalue weighted by Gasteiger charge is -2.27. The van der Waals surface area contributed by atoms with Crippen LogP contribution in [-0.2, 0) is 27.4 Å². The van der Waals surface area contributed by atoms with Gasteiger partial charge in [0.25, 0.3) is 0 Å². The summed E-state index contributed by atoms with van der Waals surface area (Å²) in [6.07, 6.45) is 5.87. The Morgan fingerprint density at radius 3 is 2.03 bits per heavy atom. The van der Waals surface area contributed by atoms with E-state index < -0.39 is 17.8 Å². The molecule has 0 unspecified atom stereocenters. The first-order chi connectivity index (χ1) is 17.1. The van der Waals surface area contributed by atoms with Crippen molar-refractivity contribution in [2.24, 2.45) is 17.8 Å². The van der Waals surface area contributed by atoms with Gasteiger partial charge in [-0.2, -0.15) is 0 Å². The third kappa shape index (κ3) is 6.82. The van der Waals surface area contributed by atoms with Gasteiger partial charge in [-0.05, 0) is 60.3 Å². The summed E-state index contributed by atoms with van der Waals surface area (Å²) in [4.78, 5) is 25.5. The maximum atomic E-state index is 13.2. The van der Waals surface area contributed by atoms with E-state index >= 15 is 0 Å². The number of benzene rings is 3. The van der Waals surface area contributed by atoms with E-state index in [0.29, 0.717) is 6.42 Å². The molecule has 0 saturated heterocycles. The zero-order valence-corrected chi connectivity index (χ0v) is 20.1. The van der Waals surface area contributed by atoms with Gasteiger partial charge in [-0.15, -0.1) is 0 Å². The average Bonchev–Trinajstić information content (AvgIpc) is 3.43. The first kappa shape index (κ1) is 24.7. The highest BCUT2D eigenvalue weighted by Crippen LogP contribution is 2.38. The Hall–Kier alpha value is -3.40. The minimum Gasteiger partial charge on any atom is -0.481 e. The van der Waals surface area contributed by atoms with E-state index in [1.54, 1.807) is 0 Å². The van der Waals surface area contributed by atoms with Crippen LogP contribution in [0.1, 0.15) is 49.7 Å². The van der Waals surface area contributed by atoms with Crippen molar-refractivity contribution in [3.8, 4) is 11.1 Å². The fourth-order valence-corrected chi connectivity index (χ4v) is 5.30. The number of carbonyl (C=O) groups excluding carboxylic acids is 1. The topological polar surface area (TPSA) is 63.6 Å². The van der Waals surface area contributed by atoms with E-state index in [1.165, 1.54) is 16.7 Å². The molecule has 4 rings (SSSR count). The van der Waals surface area contributed by atoms with Crippen molar-refractivity contribution in [3.05, 3.63) is 96.1 Å². The number of esters is 1. The number of aliphatic carboxylic acids is 1. The van der Waals surface area contributed by atoms with Crippen LogP contribution in [0, 0.1) is 17.8 Å². The fourth-order valence-electron chi connectivity index (χ4n) is 5.30. The molecular formula is C31H34O4. The van der Waals surface area contributed by atoms with Gasteiger partial charge >= 0.3 is 11.9 Å². The van der Waals surface area contributed by atoms with Crippen LogP contribution in [0.4, 0.5) is 0 Å². The fraction of sp³-hybridized carbons (Fsp3) is 0.355. The number of aryl methyl sites for hydroxylation is 1. The molecule has 0 heterocycles. The molecule has 1 aliphatic carbocycles. The van der Waals surface area contributed by atoms with Gasteiger partial charge in [0.1, 0.15) is 6.61 Å². The van der Waals surface area contributed by atoms with Crippen molar-refractivity contribution in [3.63, 3.8) is 0 Å². The Morgan fingerprint density at radius 2 is 1.40 bits per heavy atom. The van der Waals surface area contributed by atoms with Gasteiger partial charge in [0.2, 0.25) is 0 Å². The third-order valence-corrected chi connectivity index (χ3v) is 7.20. The van der Waals surface area contributed by atoms with Crippen molar-refractivity contribution < 1.29 is 19.4 Å². The molecule has 4 heteroatoms. The van der Waals surface area contributed by atoms with Crippen LogP contribution < -0.4 is 0 Å². The number of hydrogen-bond acceptors (Lipinski definition) is 3. The molecule has 3 aromatic carbocycles. The summed E-state index contributed by atoms with van der Waals surface area (Å²) in [6, 6.07) is 28.3. The van der Waals surface area contributed by atoms with E-state index in [9.17, 15) is 14.7 Å². The van der Waals surface area contributed by atoms with Gasteiger partial charge in [0.05, 0.1) is 11.8 Å². The second-order valence-corrected chi connectivity index (χ2v) is 9.56. The second kappa shape index (κ2) is 12.3. The molecule has 1 N–H and O–H groups in total. The van der Waals surface area contributed by atoms with Crippen molar-refractivity contribution in [1.82, 2.24) is 0 Å². The molecule has 0 aromatic heterocycles. The Kier molecular flexibility index (Phi) is 8.72. The van der Waals surface area contributed by atoms with E-state index in [-0.39, 0.29) is 18.5 Å². The number of hydrogen-bond donors (Lipinski definition) is 1. The van der Waals surface area contributed by atoms with Crippen molar-refractivity contribution in [2.45, 2.75) is 51.6 Å². The number of carboxylic acid groups (broad SMARTS) is 1. The quantitative estimate of drug-likeness (QED) is 0.309. The van der Waals surface area contributed by atoms with Gasteiger partial charge in [-0.25, -0.2) is 0 Å². The second-order valence-electron chi connectivity index (χ2n) is 9.56. The van der Waals surface area contributed by atoms with E-state index in [0.717, 1.165) is 44.1 Å². The lowest BCUT2D eigenvalue weighted by atomic mass is 9.78. The van der Waals surface area contributed by atoms with E-state index in [1.807, 2.05) is 48.5 Å². The predicted octanol–water partition coefficient (Wildman–Crippen LogP) is 6.93. The Morgan fingerprint density at radius 1 is 0.800 bits per heavy atom. The highest BCUT2D eigenvalue weighted by atomic mass is 16.5. The van der Waals surface area contributed by atoms with Crippen molar-refractivity contribution >= 4 is 11.9 Å². The standard InChI is InChI=1S/C31H34O4/c32-30(33)28(17-9-12-23-18-20-26(21-19-23)25-13-5-2-6-14-25)29(27-15-7-8-16-27)31(34)35-22-24-10-3-1-4-11-24/h1-6,10-11,13-14,18-21,27-29H,7-9,12,15-17,22H2,(H,32,33)/t28-,29+/m1/s1. The number of carboxylic acids is 1. The first-order valence-corrected chi connectivity index (χ1v) is 12.7. The average molecular weight is 471 g/mol.